The van der Waals surface area contributed by atoms with Crippen LogP contribution in [0.5, 0.6) is 0 Å². The molecule has 3 rings (SSSR count). The van der Waals surface area contributed by atoms with Gasteiger partial charge in [-0.3, -0.25) is 10.1 Å². The summed E-state index contributed by atoms with van der Waals surface area (Å²) in [7, 11) is 0. The third-order valence-corrected chi connectivity index (χ3v) is 5.07. The summed E-state index contributed by atoms with van der Waals surface area (Å²) in [6.07, 6.45) is 5.32. The molecule has 2 aromatic heterocycles. The number of thiazole rings is 1. The van der Waals surface area contributed by atoms with Gasteiger partial charge in [-0.05, 0) is 48.9 Å². The van der Waals surface area contributed by atoms with Crippen molar-refractivity contribution < 1.29 is 33.5 Å². The molecule has 0 saturated heterocycles. The first-order valence-corrected chi connectivity index (χ1v) is 9.70. The van der Waals surface area contributed by atoms with Gasteiger partial charge in [-0.2, -0.15) is 0 Å². The van der Waals surface area contributed by atoms with Gasteiger partial charge in [-0.1, -0.05) is 6.07 Å². The van der Waals surface area contributed by atoms with E-state index < -0.39 is 4.92 Å². The van der Waals surface area contributed by atoms with Crippen molar-refractivity contribution >= 4 is 32.8 Å². The standard InChI is InChI=1S/C19H21N6O2S.HI/c1-3-24(12-11-23-9-5-4-6-10-23)16-7-8-17(15(2)13-16)21-22-19-20-14-18(28-19)25(26)27;/h4-10,13-14H,3,11-12H2,1-2H3;1H/q+1;/p-1/b22-21+;. The van der Waals surface area contributed by atoms with Crippen molar-refractivity contribution in [2.24, 2.45) is 10.2 Å². The van der Waals surface area contributed by atoms with E-state index in [9.17, 15) is 10.1 Å². The lowest BCUT2D eigenvalue weighted by atomic mass is 10.1. The maximum atomic E-state index is 10.7. The minimum Gasteiger partial charge on any atom is -1.00 e. The van der Waals surface area contributed by atoms with E-state index in [4.69, 9.17) is 0 Å². The van der Waals surface area contributed by atoms with E-state index in [1.54, 1.807) is 0 Å². The number of aryl methyl sites for hydroxylation is 1. The molecule has 0 radical (unpaired) electrons. The molecule has 0 unspecified atom stereocenters. The smallest absolute Gasteiger partial charge is 0.345 e. The average molecular weight is 524 g/mol. The topological polar surface area (TPSA) is 87.9 Å². The maximum Gasteiger partial charge on any atom is 0.345 e. The molecule has 29 heavy (non-hydrogen) atoms. The first-order valence-electron chi connectivity index (χ1n) is 8.88. The van der Waals surface area contributed by atoms with Crippen LogP contribution in [0.4, 0.5) is 21.5 Å². The lowest BCUT2D eigenvalue weighted by Gasteiger charge is -2.22. The third-order valence-electron chi connectivity index (χ3n) is 4.24. The summed E-state index contributed by atoms with van der Waals surface area (Å²) >= 11 is 0.901. The number of halogens is 1. The predicted octanol–water partition coefficient (Wildman–Crippen LogP) is 1.59. The van der Waals surface area contributed by atoms with Crippen LogP contribution in [0.25, 0.3) is 0 Å². The number of nitro groups is 1. The Labute approximate surface area is 190 Å². The summed E-state index contributed by atoms with van der Waals surface area (Å²) in [4.78, 5) is 16.4. The normalized spacial score (nSPS) is 10.7. The first-order chi connectivity index (χ1) is 13.6. The number of pyridine rings is 1. The fraction of sp³-hybridized carbons (Fsp3) is 0.263. The molecular weight excluding hydrogens is 503 g/mol. The fourth-order valence-electron chi connectivity index (χ4n) is 2.72. The summed E-state index contributed by atoms with van der Waals surface area (Å²) in [5, 5.41) is 19.2. The molecule has 0 N–H and O–H groups in total. The monoisotopic (exact) mass is 524 g/mol. The second-order valence-electron chi connectivity index (χ2n) is 6.10. The molecule has 0 fully saturated rings. The number of nitrogens with zero attached hydrogens (tertiary/aromatic N) is 6. The summed E-state index contributed by atoms with van der Waals surface area (Å²) in [5.41, 5.74) is 2.83. The van der Waals surface area contributed by atoms with Gasteiger partial charge in [0.2, 0.25) is 5.13 Å². The van der Waals surface area contributed by atoms with E-state index in [1.165, 1.54) is 6.20 Å². The molecule has 0 bridgehead atoms. The van der Waals surface area contributed by atoms with Crippen molar-refractivity contribution in [1.29, 1.82) is 0 Å². The quantitative estimate of drug-likeness (QED) is 0.147. The predicted molar refractivity (Wildman–Crippen MR) is 109 cm³/mol. The van der Waals surface area contributed by atoms with Crippen LogP contribution in [0.3, 0.4) is 0 Å². The SMILES string of the molecule is CCN(CC[n+]1ccccc1)c1ccc(/N=N/c2ncc([N+](=O)[O-])s2)c(C)c1.[I-]. The highest BCUT2D eigenvalue weighted by molar-refractivity contribution is 7.18. The van der Waals surface area contributed by atoms with Crippen molar-refractivity contribution in [2.45, 2.75) is 20.4 Å². The molecular formula is C19H21IN6O2S. The lowest BCUT2D eigenvalue weighted by Crippen LogP contribution is -3.00. The molecule has 0 amide bonds. The number of aromatic nitrogens is 2. The number of likely N-dealkylation sites (N-methyl/N-ethyl adjacent to an activating group) is 1. The van der Waals surface area contributed by atoms with Crippen molar-refractivity contribution in [3.05, 3.63) is 70.7 Å². The van der Waals surface area contributed by atoms with Gasteiger partial charge >= 0.3 is 5.00 Å². The average Bonchev–Trinajstić information content (AvgIpc) is 3.18. The van der Waals surface area contributed by atoms with Gasteiger partial charge in [-0.15, -0.1) is 10.2 Å². The van der Waals surface area contributed by atoms with Crippen molar-refractivity contribution in [2.75, 3.05) is 18.0 Å². The number of rotatable bonds is 8. The molecule has 3 aromatic rings. The molecule has 0 aliphatic rings. The number of hydrogen-bond acceptors (Lipinski definition) is 7. The Balaban J connectivity index is 0.00000300. The lowest BCUT2D eigenvalue weighted by molar-refractivity contribution is -0.694. The highest BCUT2D eigenvalue weighted by atomic mass is 127. The summed E-state index contributed by atoms with van der Waals surface area (Å²) in [5.74, 6) is 0. The Morgan fingerprint density at radius 2 is 2.00 bits per heavy atom. The minimum absolute atomic E-state index is 0. The fourth-order valence-corrected chi connectivity index (χ4v) is 3.28. The van der Waals surface area contributed by atoms with Gasteiger partial charge in [0.15, 0.2) is 18.9 Å². The summed E-state index contributed by atoms with van der Waals surface area (Å²) in [6, 6.07) is 12.1. The summed E-state index contributed by atoms with van der Waals surface area (Å²) in [6.45, 7) is 6.80. The van der Waals surface area contributed by atoms with Crippen LogP contribution in [0.1, 0.15) is 12.5 Å². The highest BCUT2D eigenvalue weighted by Crippen LogP contribution is 2.30. The van der Waals surface area contributed by atoms with E-state index in [0.717, 1.165) is 47.9 Å². The van der Waals surface area contributed by atoms with Gasteiger partial charge in [0.05, 0.1) is 17.2 Å². The minimum atomic E-state index is -0.482. The highest BCUT2D eigenvalue weighted by Gasteiger charge is 2.12. The van der Waals surface area contributed by atoms with E-state index >= 15 is 0 Å². The van der Waals surface area contributed by atoms with E-state index in [-0.39, 0.29) is 34.1 Å². The summed E-state index contributed by atoms with van der Waals surface area (Å²) < 4.78 is 2.16. The van der Waals surface area contributed by atoms with E-state index in [0.29, 0.717) is 0 Å². The largest absolute Gasteiger partial charge is 1.00 e. The van der Waals surface area contributed by atoms with Gasteiger partial charge in [0, 0.05) is 24.4 Å². The van der Waals surface area contributed by atoms with Crippen LogP contribution in [0.15, 0.2) is 65.2 Å². The number of azo groups is 1. The van der Waals surface area contributed by atoms with Crippen LogP contribution >= 0.6 is 11.3 Å². The second kappa shape index (κ2) is 10.9. The first kappa shape index (κ1) is 22.8. The van der Waals surface area contributed by atoms with Crippen LogP contribution in [0, 0.1) is 17.0 Å². The van der Waals surface area contributed by atoms with E-state index in [1.807, 2.05) is 37.3 Å². The molecule has 0 saturated carbocycles. The van der Waals surface area contributed by atoms with E-state index in [2.05, 4.69) is 50.1 Å². The molecule has 152 valence electrons. The van der Waals surface area contributed by atoms with Gasteiger partial charge in [0.25, 0.3) is 0 Å². The Bertz CT molecular complexity index is 980. The number of benzene rings is 1. The van der Waals surface area contributed by atoms with Crippen molar-refractivity contribution in [1.82, 2.24) is 4.98 Å². The number of hydrogen-bond donors (Lipinski definition) is 0. The molecule has 2 heterocycles. The van der Waals surface area contributed by atoms with Crippen LogP contribution < -0.4 is 33.4 Å². The van der Waals surface area contributed by atoms with Crippen LogP contribution in [0.2, 0.25) is 0 Å². The van der Waals surface area contributed by atoms with Crippen LogP contribution in [-0.4, -0.2) is 23.0 Å². The van der Waals surface area contributed by atoms with Crippen molar-refractivity contribution in [3.8, 4) is 0 Å². The Morgan fingerprint density at radius 3 is 2.62 bits per heavy atom. The Kier molecular flexibility index (Phi) is 8.58. The number of anilines is 1. The molecule has 0 aliphatic carbocycles. The molecule has 10 heteroatoms. The Morgan fingerprint density at radius 1 is 1.24 bits per heavy atom. The maximum absolute atomic E-state index is 10.7. The molecule has 0 atom stereocenters. The van der Waals surface area contributed by atoms with Gasteiger partial charge in [-0.25, -0.2) is 9.55 Å². The molecule has 0 aliphatic heterocycles. The zero-order valence-corrected chi connectivity index (χ0v) is 19.1. The van der Waals surface area contributed by atoms with Gasteiger partial charge in [0.1, 0.15) is 6.20 Å². The molecule has 1 aromatic carbocycles. The zero-order valence-electron chi connectivity index (χ0n) is 16.1. The Hall–Kier alpha value is -2.47. The molecule has 8 nitrogen and oxygen atoms in total. The second-order valence-corrected chi connectivity index (χ2v) is 7.09. The van der Waals surface area contributed by atoms with Gasteiger partial charge < -0.3 is 28.9 Å². The van der Waals surface area contributed by atoms with Crippen LogP contribution in [-0.2, 0) is 6.54 Å². The van der Waals surface area contributed by atoms with Crippen molar-refractivity contribution in [3.63, 3.8) is 0 Å². The molecule has 0 spiro atoms. The zero-order chi connectivity index (χ0) is 19.9. The third kappa shape index (κ3) is 6.26.